The van der Waals surface area contributed by atoms with Crippen molar-refractivity contribution in [3.63, 3.8) is 0 Å². The molecule has 3 rings (SSSR count). The molecule has 0 aliphatic rings. The fourth-order valence-electron chi connectivity index (χ4n) is 3.52. The summed E-state index contributed by atoms with van der Waals surface area (Å²) in [6.07, 6.45) is 1.67. The standard InChI is InChI=1S/C22H23N3O4/c1-15(26)24(22(2,3)4)21(27)19-14-23(13-16-8-6-5-7-9-16)20-11-10-17(25(28)29)12-18(19)20/h5-12,14H,13H2,1-4H3. The number of hydrogen-bond donors (Lipinski definition) is 0. The number of carbonyl (C=O) groups is 2. The van der Waals surface area contributed by atoms with Gasteiger partial charge in [-0.25, -0.2) is 0 Å². The summed E-state index contributed by atoms with van der Waals surface area (Å²) in [6, 6.07) is 14.2. The first-order valence-corrected chi connectivity index (χ1v) is 9.26. The smallest absolute Gasteiger partial charge is 0.270 e. The second-order valence-corrected chi connectivity index (χ2v) is 7.95. The zero-order valence-corrected chi connectivity index (χ0v) is 16.9. The summed E-state index contributed by atoms with van der Waals surface area (Å²) in [5, 5.41) is 11.7. The van der Waals surface area contributed by atoms with E-state index in [1.807, 2.05) is 34.9 Å². The molecule has 150 valence electrons. The van der Waals surface area contributed by atoms with Crippen molar-refractivity contribution in [2.45, 2.75) is 39.8 Å². The highest BCUT2D eigenvalue weighted by Gasteiger charge is 2.33. The number of benzene rings is 2. The van der Waals surface area contributed by atoms with Crippen molar-refractivity contribution in [3.05, 3.63) is 76.0 Å². The molecule has 7 heteroatoms. The summed E-state index contributed by atoms with van der Waals surface area (Å²) in [5.74, 6) is -0.848. The van der Waals surface area contributed by atoms with Crippen LogP contribution in [0.1, 0.15) is 43.6 Å². The lowest BCUT2D eigenvalue weighted by Gasteiger charge is -2.32. The van der Waals surface area contributed by atoms with E-state index < -0.39 is 16.4 Å². The molecule has 1 heterocycles. The van der Waals surface area contributed by atoms with Gasteiger partial charge >= 0.3 is 0 Å². The number of nitro groups is 1. The third-order valence-corrected chi connectivity index (χ3v) is 4.69. The molecular weight excluding hydrogens is 370 g/mol. The Morgan fingerprint density at radius 2 is 1.76 bits per heavy atom. The van der Waals surface area contributed by atoms with Gasteiger partial charge in [0.15, 0.2) is 0 Å². The van der Waals surface area contributed by atoms with E-state index >= 15 is 0 Å². The van der Waals surface area contributed by atoms with Crippen molar-refractivity contribution >= 4 is 28.4 Å². The number of amides is 2. The Kier molecular flexibility index (Phi) is 5.24. The SMILES string of the molecule is CC(=O)N(C(=O)c1cn(Cc2ccccc2)c2ccc([N+](=O)[O-])cc12)C(C)(C)C. The van der Waals surface area contributed by atoms with Crippen molar-refractivity contribution < 1.29 is 14.5 Å². The van der Waals surface area contributed by atoms with Crippen LogP contribution in [0.2, 0.25) is 0 Å². The molecule has 0 fully saturated rings. The molecule has 29 heavy (non-hydrogen) atoms. The fourth-order valence-corrected chi connectivity index (χ4v) is 3.52. The molecule has 0 saturated carbocycles. The Morgan fingerprint density at radius 1 is 1.10 bits per heavy atom. The maximum Gasteiger partial charge on any atom is 0.270 e. The van der Waals surface area contributed by atoms with Crippen LogP contribution in [0.5, 0.6) is 0 Å². The molecule has 0 aliphatic heterocycles. The number of non-ortho nitro benzene ring substituents is 1. The maximum absolute atomic E-state index is 13.3. The normalized spacial score (nSPS) is 11.4. The summed E-state index contributed by atoms with van der Waals surface area (Å²) in [4.78, 5) is 37.5. The van der Waals surface area contributed by atoms with Crippen molar-refractivity contribution in [2.24, 2.45) is 0 Å². The number of fused-ring (bicyclic) bond motifs is 1. The number of imide groups is 1. The molecule has 0 spiro atoms. The second-order valence-electron chi connectivity index (χ2n) is 7.95. The van der Waals surface area contributed by atoms with Crippen LogP contribution < -0.4 is 0 Å². The molecule has 0 atom stereocenters. The van der Waals surface area contributed by atoms with Gasteiger partial charge in [-0.05, 0) is 32.4 Å². The van der Waals surface area contributed by atoms with Gasteiger partial charge in [0.1, 0.15) is 0 Å². The Balaban J connectivity index is 2.19. The van der Waals surface area contributed by atoms with E-state index in [1.165, 1.54) is 24.0 Å². The average Bonchev–Trinajstić information content (AvgIpc) is 2.99. The Labute approximate surface area is 168 Å². The number of carbonyl (C=O) groups excluding carboxylic acids is 2. The molecule has 2 aromatic carbocycles. The number of rotatable bonds is 4. The molecule has 1 aromatic heterocycles. The maximum atomic E-state index is 13.3. The van der Waals surface area contributed by atoms with Gasteiger partial charge in [-0.2, -0.15) is 0 Å². The summed E-state index contributed by atoms with van der Waals surface area (Å²) in [6.45, 7) is 7.17. The topological polar surface area (TPSA) is 85.5 Å². The highest BCUT2D eigenvalue weighted by atomic mass is 16.6. The van der Waals surface area contributed by atoms with Gasteiger partial charge in [0, 0.05) is 48.2 Å². The highest BCUT2D eigenvalue weighted by molar-refractivity contribution is 6.12. The van der Waals surface area contributed by atoms with E-state index in [1.54, 1.807) is 33.0 Å². The van der Waals surface area contributed by atoms with Crippen LogP contribution in [0, 0.1) is 10.1 Å². The highest BCUT2D eigenvalue weighted by Crippen LogP contribution is 2.29. The van der Waals surface area contributed by atoms with Gasteiger partial charge in [0.05, 0.1) is 10.5 Å². The number of aromatic nitrogens is 1. The Morgan fingerprint density at radius 3 is 2.31 bits per heavy atom. The van der Waals surface area contributed by atoms with Crippen LogP contribution in [0.25, 0.3) is 10.9 Å². The summed E-state index contributed by atoms with van der Waals surface area (Å²) >= 11 is 0. The van der Waals surface area contributed by atoms with Crippen LogP contribution in [-0.4, -0.2) is 31.7 Å². The van der Waals surface area contributed by atoms with Crippen molar-refractivity contribution in [2.75, 3.05) is 0 Å². The molecule has 0 radical (unpaired) electrons. The number of nitrogens with zero attached hydrogens (tertiary/aromatic N) is 3. The molecule has 0 aliphatic carbocycles. The molecule has 0 bridgehead atoms. The van der Waals surface area contributed by atoms with Gasteiger partial charge in [0.25, 0.3) is 11.6 Å². The van der Waals surface area contributed by atoms with Crippen molar-refractivity contribution in [1.29, 1.82) is 0 Å². The molecule has 0 saturated heterocycles. The van der Waals surface area contributed by atoms with Gasteiger partial charge < -0.3 is 4.57 Å². The Hall–Kier alpha value is -3.48. The van der Waals surface area contributed by atoms with Crippen LogP contribution in [0.3, 0.4) is 0 Å². The Bertz CT molecular complexity index is 1090. The van der Waals surface area contributed by atoms with Gasteiger partial charge in [-0.15, -0.1) is 0 Å². The summed E-state index contributed by atoms with van der Waals surface area (Å²) in [7, 11) is 0. The minimum absolute atomic E-state index is 0.103. The molecule has 2 amide bonds. The lowest BCUT2D eigenvalue weighted by molar-refractivity contribution is -0.384. The van der Waals surface area contributed by atoms with Crippen LogP contribution in [0.4, 0.5) is 5.69 Å². The minimum Gasteiger partial charge on any atom is -0.342 e. The first-order chi connectivity index (χ1) is 13.6. The zero-order valence-electron chi connectivity index (χ0n) is 16.9. The summed E-state index contributed by atoms with van der Waals surface area (Å²) in [5.41, 5.74) is 1.16. The van der Waals surface area contributed by atoms with E-state index in [-0.39, 0.29) is 17.2 Å². The molecular formula is C22H23N3O4. The van der Waals surface area contributed by atoms with Crippen molar-refractivity contribution in [3.8, 4) is 0 Å². The molecule has 0 unspecified atom stereocenters. The van der Waals surface area contributed by atoms with Gasteiger partial charge in [-0.1, -0.05) is 30.3 Å². The van der Waals surface area contributed by atoms with E-state index in [0.29, 0.717) is 17.4 Å². The zero-order chi connectivity index (χ0) is 21.3. The monoisotopic (exact) mass is 393 g/mol. The quantitative estimate of drug-likeness (QED) is 0.486. The van der Waals surface area contributed by atoms with Crippen molar-refractivity contribution in [1.82, 2.24) is 9.47 Å². The van der Waals surface area contributed by atoms with Crippen LogP contribution in [-0.2, 0) is 11.3 Å². The van der Waals surface area contributed by atoms with Gasteiger partial charge in [-0.3, -0.25) is 24.6 Å². The van der Waals surface area contributed by atoms with Crippen LogP contribution in [0.15, 0.2) is 54.7 Å². The molecule has 3 aromatic rings. The number of nitro benzene ring substituents is 1. The molecule has 0 N–H and O–H groups in total. The van der Waals surface area contributed by atoms with E-state index in [4.69, 9.17) is 0 Å². The number of hydrogen-bond acceptors (Lipinski definition) is 4. The van der Waals surface area contributed by atoms with E-state index in [2.05, 4.69) is 0 Å². The first kappa shape index (κ1) is 20.3. The lowest BCUT2D eigenvalue weighted by atomic mass is 10.0. The minimum atomic E-state index is -0.725. The van der Waals surface area contributed by atoms with Crippen LogP contribution >= 0.6 is 0 Å². The predicted octanol–water partition coefficient (Wildman–Crippen LogP) is 4.39. The summed E-state index contributed by atoms with van der Waals surface area (Å²) < 4.78 is 1.88. The second kappa shape index (κ2) is 7.50. The molecule has 7 nitrogen and oxygen atoms in total. The average molecular weight is 393 g/mol. The third kappa shape index (κ3) is 4.03. The third-order valence-electron chi connectivity index (χ3n) is 4.69. The fraction of sp³-hybridized carbons (Fsp3) is 0.273. The largest absolute Gasteiger partial charge is 0.342 e. The predicted molar refractivity (Wildman–Crippen MR) is 111 cm³/mol. The van der Waals surface area contributed by atoms with Gasteiger partial charge in [0.2, 0.25) is 5.91 Å². The van der Waals surface area contributed by atoms with E-state index in [9.17, 15) is 19.7 Å². The lowest BCUT2D eigenvalue weighted by Crippen LogP contribution is -2.48. The van der Waals surface area contributed by atoms with E-state index in [0.717, 1.165) is 5.56 Å². The first-order valence-electron chi connectivity index (χ1n) is 9.26.